The summed E-state index contributed by atoms with van der Waals surface area (Å²) in [5, 5.41) is 0. The van der Waals surface area contributed by atoms with Crippen LogP contribution in [0.5, 0.6) is 0 Å². The van der Waals surface area contributed by atoms with E-state index in [0.717, 1.165) is 30.3 Å². The Balaban J connectivity index is 2.91. The summed E-state index contributed by atoms with van der Waals surface area (Å²) in [6, 6.07) is 7.47. The summed E-state index contributed by atoms with van der Waals surface area (Å²) in [7, 11) is 0. The van der Waals surface area contributed by atoms with E-state index < -0.39 is 46.9 Å². The molecule has 0 atom stereocenters. The van der Waals surface area contributed by atoms with Gasteiger partial charge in [-0.05, 0) is 12.1 Å². The zero-order valence-corrected chi connectivity index (χ0v) is 14.4. The van der Waals surface area contributed by atoms with Crippen LogP contribution in [0.15, 0.2) is 60.7 Å². The van der Waals surface area contributed by atoms with E-state index in [9.17, 15) is 48.7 Å². The molecule has 0 aliphatic rings. The molecule has 0 aromatic heterocycles. The molecule has 0 saturated carbocycles. The van der Waals surface area contributed by atoms with Crippen molar-refractivity contribution in [3.63, 3.8) is 0 Å². The topological polar surface area (TPSA) is 26.3 Å². The van der Waals surface area contributed by atoms with Gasteiger partial charge in [-0.3, -0.25) is 0 Å². The van der Waals surface area contributed by atoms with Crippen LogP contribution >= 0.6 is 0 Å². The maximum absolute atomic E-state index is 14.5. The molecule has 0 heterocycles. The van der Waals surface area contributed by atoms with Crippen molar-refractivity contribution in [2.24, 2.45) is 0 Å². The van der Waals surface area contributed by atoms with Gasteiger partial charge in [-0.2, -0.15) is 43.9 Å². The second kappa shape index (κ2) is 7.47. The molecule has 0 N–H and O–H groups in total. The van der Waals surface area contributed by atoms with Crippen molar-refractivity contribution >= 4 is 5.97 Å². The van der Waals surface area contributed by atoms with E-state index in [1.807, 2.05) is 0 Å². The van der Waals surface area contributed by atoms with E-state index in [1.54, 1.807) is 0 Å². The highest BCUT2D eigenvalue weighted by atomic mass is 19.4. The highest BCUT2D eigenvalue weighted by Crippen LogP contribution is 2.61. The van der Waals surface area contributed by atoms with Gasteiger partial charge in [-0.15, -0.1) is 0 Å². The van der Waals surface area contributed by atoms with Gasteiger partial charge in [0.25, 0.3) is 5.60 Å². The second-order valence-electron chi connectivity index (χ2n) is 5.95. The molecule has 0 aliphatic heterocycles. The number of carbonyl (C=O) groups is 1. The minimum absolute atomic E-state index is 0.150. The Bertz CT molecular complexity index is 847. The maximum atomic E-state index is 14.5. The number of rotatable bonds is 5. The molecule has 30 heavy (non-hydrogen) atoms. The predicted octanol–water partition coefficient (Wildman–Crippen LogP) is 6.13. The van der Waals surface area contributed by atoms with Gasteiger partial charge in [-0.1, -0.05) is 48.5 Å². The van der Waals surface area contributed by atoms with E-state index >= 15 is 0 Å². The summed E-state index contributed by atoms with van der Waals surface area (Å²) in [5.41, 5.74) is -8.52. The molecule has 2 aromatic rings. The molecule has 164 valence electrons. The number of hydrogen-bond acceptors (Lipinski definition) is 2. The first-order valence-electron chi connectivity index (χ1n) is 7.82. The van der Waals surface area contributed by atoms with E-state index in [2.05, 4.69) is 4.74 Å². The molecular weight excluding hydrogens is 438 g/mol. The first-order chi connectivity index (χ1) is 13.6. The van der Waals surface area contributed by atoms with Crippen LogP contribution in [-0.4, -0.2) is 30.2 Å². The second-order valence-corrected chi connectivity index (χ2v) is 5.95. The molecule has 0 radical (unpaired) electrons. The number of hydrogen-bond donors (Lipinski definition) is 0. The van der Waals surface area contributed by atoms with Crippen LogP contribution in [0.25, 0.3) is 0 Å². The predicted molar refractivity (Wildman–Crippen MR) is 82.0 cm³/mol. The molecule has 0 bridgehead atoms. The van der Waals surface area contributed by atoms with Crippen LogP contribution in [0.1, 0.15) is 15.9 Å². The Labute approximate surface area is 162 Å². The average Bonchev–Trinajstić information content (AvgIpc) is 2.65. The van der Waals surface area contributed by atoms with Crippen molar-refractivity contribution in [3.8, 4) is 0 Å². The Morgan fingerprint density at radius 3 is 1.33 bits per heavy atom. The lowest BCUT2D eigenvalue weighted by Crippen LogP contribution is -2.69. The summed E-state index contributed by atoms with van der Waals surface area (Å²) in [5.74, 6) is -16.0. The number of halogens is 10. The summed E-state index contributed by atoms with van der Waals surface area (Å²) in [6.07, 6.45) is -13.9. The lowest BCUT2D eigenvalue weighted by atomic mass is 9.80. The van der Waals surface area contributed by atoms with E-state index in [1.165, 1.54) is 6.07 Å². The van der Waals surface area contributed by atoms with E-state index in [4.69, 9.17) is 0 Å². The lowest BCUT2D eigenvalue weighted by Gasteiger charge is -2.45. The molecule has 0 amide bonds. The number of ether oxygens (including phenoxy) is 1. The standard InChI is InChI=1S/C18H10F10O2/c19-15(20,17(23,24)25)14(12-9-5-2-6-10-12,16(21,22)18(26,27)28)30-13(29)11-7-3-1-4-8-11/h1-10H. The summed E-state index contributed by atoms with van der Waals surface area (Å²) in [6.45, 7) is 0. The molecule has 0 aliphatic carbocycles. The number of esters is 1. The minimum Gasteiger partial charge on any atom is -0.437 e. The Kier molecular flexibility index (Phi) is 5.85. The molecular formula is C18H10F10O2. The Morgan fingerprint density at radius 2 is 0.967 bits per heavy atom. The van der Waals surface area contributed by atoms with Gasteiger partial charge in [-0.25, -0.2) is 4.79 Å². The van der Waals surface area contributed by atoms with Crippen molar-refractivity contribution < 1.29 is 53.4 Å². The summed E-state index contributed by atoms with van der Waals surface area (Å²) >= 11 is 0. The normalized spacial score (nSPS) is 13.8. The van der Waals surface area contributed by atoms with Crippen molar-refractivity contribution in [3.05, 3.63) is 71.8 Å². The van der Waals surface area contributed by atoms with E-state index in [0.29, 0.717) is 12.1 Å². The molecule has 0 fully saturated rings. The van der Waals surface area contributed by atoms with E-state index in [-0.39, 0.29) is 12.1 Å². The smallest absolute Gasteiger partial charge is 0.437 e. The molecule has 0 spiro atoms. The third kappa shape index (κ3) is 3.58. The van der Waals surface area contributed by atoms with Crippen LogP contribution in [0, 0.1) is 0 Å². The fourth-order valence-corrected chi connectivity index (χ4v) is 2.59. The first kappa shape index (κ1) is 23.5. The fourth-order valence-electron chi connectivity index (χ4n) is 2.59. The Hall–Kier alpha value is -2.79. The molecule has 0 unspecified atom stereocenters. The molecule has 12 heteroatoms. The molecule has 2 nitrogen and oxygen atoms in total. The molecule has 2 rings (SSSR count). The van der Waals surface area contributed by atoms with Gasteiger partial charge in [0.05, 0.1) is 5.56 Å². The van der Waals surface area contributed by atoms with Crippen molar-refractivity contribution in [2.45, 2.75) is 29.8 Å². The van der Waals surface area contributed by atoms with Gasteiger partial charge in [0.1, 0.15) is 0 Å². The monoisotopic (exact) mass is 448 g/mol. The van der Waals surface area contributed by atoms with Crippen LogP contribution in [0.4, 0.5) is 43.9 Å². The quantitative estimate of drug-likeness (QED) is 0.406. The molecule has 0 saturated heterocycles. The highest BCUT2D eigenvalue weighted by Gasteiger charge is 2.88. The third-order valence-electron chi connectivity index (χ3n) is 4.03. The SMILES string of the molecule is O=C(OC(c1ccccc1)(C(F)(F)C(F)(F)F)C(F)(F)C(F)(F)F)c1ccccc1. The van der Waals surface area contributed by atoms with Gasteiger partial charge in [0.15, 0.2) is 0 Å². The first-order valence-corrected chi connectivity index (χ1v) is 7.82. The largest absolute Gasteiger partial charge is 0.458 e. The van der Waals surface area contributed by atoms with Crippen LogP contribution in [0.2, 0.25) is 0 Å². The van der Waals surface area contributed by atoms with Crippen molar-refractivity contribution in [1.82, 2.24) is 0 Å². The molecule has 2 aromatic carbocycles. The maximum Gasteiger partial charge on any atom is 0.458 e. The van der Waals surface area contributed by atoms with Crippen LogP contribution in [-0.2, 0) is 10.3 Å². The van der Waals surface area contributed by atoms with Crippen molar-refractivity contribution in [2.75, 3.05) is 0 Å². The lowest BCUT2D eigenvalue weighted by molar-refractivity contribution is -0.427. The van der Waals surface area contributed by atoms with Gasteiger partial charge >= 0.3 is 30.2 Å². The van der Waals surface area contributed by atoms with Gasteiger partial charge < -0.3 is 4.74 Å². The average molecular weight is 448 g/mol. The van der Waals surface area contributed by atoms with Gasteiger partial charge in [0, 0.05) is 5.56 Å². The fraction of sp³-hybridized carbons (Fsp3) is 0.278. The highest BCUT2D eigenvalue weighted by molar-refractivity contribution is 5.89. The zero-order valence-electron chi connectivity index (χ0n) is 14.4. The summed E-state index contributed by atoms with van der Waals surface area (Å²) in [4.78, 5) is 12.2. The number of carbonyl (C=O) groups excluding carboxylic acids is 1. The zero-order chi connectivity index (χ0) is 23.0. The number of alkyl halides is 10. The number of benzene rings is 2. The van der Waals surface area contributed by atoms with Crippen LogP contribution < -0.4 is 0 Å². The third-order valence-corrected chi connectivity index (χ3v) is 4.03. The Morgan fingerprint density at radius 1 is 0.600 bits per heavy atom. The van der Waals surface area contributed by atoms with Crippen molar-refractivity contribution in [1.29, 1.82) is 0 Å². The van der Waals surface area contributed by atoms with Gasteiger partial charge in [0.2, 0.25) is 0 Å². The minimum atomic E-state index is -6.95. The summed E-state index contributed by atoms with van der Waals surface area (Å²) < 4.78 is 140. The van der Waals surface area contributed by atoms with Crippen LogP contribution in [0.3, 0.4) is 0 Å².